The quantitative estimate of drug-likeness (QED) is 0.722. The second kappa shape index (κ2) is 5.14. The standard InChI is InChI=1S/C15H13NO4S/c1-2-19-15(18)14-9(16)7-12(21-14)11-6-8-4-3-5-10(17)13(8)20-11/h3-7,17H,2,16H2,1H3. The molecule has 0 amide bonds. The summed E-state index contributed by atoms with van der Waals surface area (Å²) in [7, 11) is 0. The van der Waals surface area contributed by atoms with Crippen molar-refractivity contribution in [3.8, 4) is 16.4 Å². The van der Waals surface area contributed by atoms with E-state index < -0.39 is 5.97 Å². The fourth-order valence-electron chi connectivity index (χ4n) is 2.05. The van der Waals surface area contributed by atoms with Crippen LogP contribution >= 0.6 is 11.3 Å². The summed E-state index contributed by atoms with van der Waals surface area (Å²) in [4.78, 5) is 12.8. The lowest BCUT2D eigenvalue weighted by Crippen LogP contribution is -2.04. The van der Waals surface area contributed by atoms with Crippen LogP contribution in [0.3, 0.4) is 0 Å². The molecular weight excluding hydrogens is 290 g/mol. The molecule has 0 saturated heterocycles. The van der Waals surface area contributed by atoms with Crippen LogP contribution in [0.5, 0.6) is 5.75 Å². The van der Waals surface area contributed by atoms with E-state index >= 15 is 0 Å². The predicted octanol–water partition coefficient (Wildman–Crippen LogP) is 3.63. The number of fused-ring (bicyclic) bond motifs is 1. The summed E-state index contributed by atoms with van der Waals surface area (Å²) >= 11 is 1.21. The molecule has 3 rings (SSSR count). The number of thiophene rings is 1. The second-order valence-corrected chi connectivity index (χ2v) is 5.47. The van der Waals surface area contributed by atoms with Gasteiger partial charge in [-0.1, -0.05) is 12.1 Å². The number of para-hydroxylation sites is 1. The molecule has 108 valence electrons. The Morgan fingerprint density at radius 3 is 2.95 bits per heavy atom. The number of esters is 1. The molecule has 0 aliphatic rings. The highest BCUT2D eigenvalue weighted by Gasteiger charge is 2.18. The number of aromatic hydroxyl groups is 1. The molecule has 5 nitrogen and oxygen atoms in total. The third-order valence-electron chi connectivity index (χ3n) is 2.99. The van der Waals surface area contributed by atoms with Gasteiger partial charge in [-0.25, -0.2) is 4.79 Å². The molecule has 3 N–H and O–H groups in total. The van der Waals surface area contributed by atoms with Crippen LogP contribution in [0.15, 0.2) is 34.7 Å². The maximum atomic E-state index is 11.8. The van der Waals surface area contributed by atoms with Crippen LogP contribution < -0.4 is 5.73 Å². The number of anilines is 1. The molecule has 0 aliphatic carbocycles. The molecule has 0 atom stereocenters. The highest BCUT2D eigenvalue weighted by molar-refractivity contribution is 7.17. The first-order valence-corrected chi connectivity index (χ1v) is 7.20. The van der Waals surface area contributed by atoms with E-state index in [0.717, 1.165) is 5.39 Å². The van der Waals surface area contributed by atoms with Crippen molar-refractivity contribution in [3.63, 3.8) is 0 Å². The zero-order chi connectivity index (χ0) is 15.0. The monoisotopic (exact) mass is 303 g/mol. The summed E-state index contributed by atoms with van der Waals surface area (Å²) in [6, 6.07) is 8.61. The van der Waals surface area contributed by atoms with Gasteiger partial charge in [-0.05, 0) is 25.1 Å². The molecule has 0 fully saturated rings. The Bertz CT molecular complexity index is 818. The number of phenols is 1. The molecule has 0 aliphatic heterocycles. The summed E-state index contributed by atoms with van der Waals surface area (Å²) in [6.45, 7) is 2.04. The smallest absolute Gasteiger partial charge is 0.350 e. The maximum Gasteiger partial charge on any atom is 0.350 e. The minimum Gasteiger partial charge on any atom is -0.504 e. The van der Waals surface area contributed by atoms with E-state index in [4.69, 9.17) is 14.9 Å². The maximum absolute atomic E-state index is 11.8. The molecule has 0 bridgehead atoms. The van der Waals surface area contributed by atoms with Crippen LogP contribution in [0, 0.1) is 0 Å². The largest absolute Gasteiger partial charge is 0.504 e. The van der Waals surface area contributed by atoms with Gasteiger partial charge in [0, 0.05) is 5.39 Å². The van der Waals surface area contributed by atoms with Crippen LogP contribution in [0.2, 0.25) is 0 Å². The molecule has 21 heavy (non-hydrogen) atoms. The molecule has 0 radical (unpaired) electrons. The van der Waals surface area contributed by atoms with Crippen molar-refractivity contribution < 1.29 is 19.1 Å². The average molecular weight is 303 g/mol. The number of ether oxygens (including phenoxy) is 1. The summed E-state index contributed by atoms with van der Waals surface area (Å²) in [5.41, 5.74) is 6.63. The number of carbonyl (C=O) groups is 1. The molecular formula is C15H13NO4S. The van der Waals surface area contributed by atoms with Gasteiger partial charge in [0.15, 0.2) is 11.3 Å². The zero-order valence-electron chi connectivity index (χ0n) is 11.3. The van der Waals surface area contributed by atoms with E-state index in [9.17, 15) is 9.90 Å². The summed E-state index contributed by atoms with van der Waals surface area (Å²) in [6.07, 6.45) is 0. The van der Waals surface area contributed by atoms with Crippen LogP contribution in [0.4, 0.5) is 5.69 Å². The number of hydrogen-bond acceptors (Lipinski definition) is 6. The van der Waals surface area contributed by atoms with Crippen molar-refractivity contribution in [2.75, 3.05) is 12.3 Å². The Kier molecular flexibility index (Phi) is 3.31. The Hall–Kier alpha value is -2.47. The predicted molar refractivity (Wildman–Crippen MR) is 81.6 cm³/mol. The van der Waals surface area contributed by atoms with Crippen molar-refractivity contribution in [2.45, 2.75) is 6.92 Å². The van der Waals surface area contributed by atoms with Gasteiger partial charge < -0.3 is 20.0 Å². The number of phenolic OH excluding ortho intramolecular Hbond substituents is 1. The van der Waals surface area contributed by atoms with Crippen molar-refractivity contribution in [2.24, 2.45) is 0 Å². The molecule has 6 heteroatoms. The van der Waals surface area contributed by atoms with Gasteiger partial charge in [-0.3, -0.25) is 0 Å². The summed E-state index contributed by atoms with van der Waals surface area (Å²) in [5.74, 6) is 0.192. The normalized spacial score (nSPS) is 10.9. The Morgan fingerprint density at radius 2 is 2.24 bits per heavy atom. The molecule has 3 aromatic rings. The third kappa shape index (κ3) is 2.34. The van der Waals surface area contributed by atoms with Crippen LogP contribution in [0.25, 0.3) is 21.6 Å². The van der Waals surface area contributed by atoms with Crippen LogP contribution in [-0.4, -0.2) is 17.7 Å². The Balaban J connectivity index is 2.05. The average Bonchev–Trinajstić information content (AvgIpc) is 3.03. The molecule has 1 aromatic carbocycles. The van der Waals surface area contributed by atoms with Crippen molar-refractivity contribution in [1.82, 2.24) is 0 Å². The van der Waals surface area contributed by atoms with E-state index in [1.807, 2.05) is 6.07 Å². The lowest BCUT2D eigenvalue weighted by molar-refractivity contribution is 0.0533. The van der Waals surface area contributed by atoms with Gasteiger partial charge in [0.25, 0.3) is 0 Å². The van der Waals surface area contributed by atoms with E-state index in [-0.39, 0.29) is 5.75 Å². The van der Waals surface area contributed by atoms with Gasteiger partial charge in [0.05, 0.1) is 17.2 Å². The molecule has 0 spiro atoms. The zero-order valence-corrected chi connectivity index (χ0v) is 12.1. The number of furan rings is 1. The van der Waals surface area contributed by atoms with Gasteiger partial charge in [0.1, 0.15) is 10.6 Å². The number of nitrogens with two attached hydrogens (primary N) is 1. The van der Waals surface area contributed by atoms with Crippen molar-refractivity contribution >= 4 is 34.0 Å². The van der Waals surface area contributed by atoms with Crippen molar-refractivity contribution in [1.29, 1.82) is 0 Å². The second-order valence-electron chi connectivity index (χ2n) is 4.42. The number of hydrogen-bond donors (Lipinski definition) is 2. The van der Waals surface area contributed by atoms with Gasteiger partial charge >= 0.3 is 5.97 Å². The van der Waals surface area contributed by atoms with E-state index in [2.05, 4.69) is 0 Å². The van der Waals surface area contributed by atoms with Crippen LogP contribution in [0.1, 0.15) is 16.6 Å². The minimum atomic E-state index is -0.440. The highest BCUT2D eigenvalue weighted by Crippen LogP contribution is 2.38. The SMILES string of the molecule is CCOC(=O)c1sc(-c2cc3cccc(O)c3o2)cc1N. The first-order chi connectivity index (χ1) is 10.1. The Labute approximate surface area is 124 Å². The number of nitrogen functional groups attached to an aromatic ring is 1. The van der Waals surface area contributed by atoms with Gasteiger partial charge in [-0.2, -0.15) is 0 Å². The number of benzene rings is 1. The molecule has 2 aromatic heterocycles. The first-order valence-electron chi connectivity index (χ1n) is 6.38. The fourth-order valence-corrected chi connectivity index (χ4v) is 2.98. The van der Waals surface area contributed by atoms with Gasteiger partial charge in [-0.15, -0.1) is 11.3 Å². The Morgan fingerprint density at radius 1 is 1.43 bits per heavy atom. The summed E-state index contributed by atoms with van der Waals surface area (Å²) in [5, 5.41) is 10.5. The topological polar surface area (TPSA) is 85.7 Å². The lowest BCUT2D eigenvalue weighted by atomic mass is 10.2. The summed E-state index contributed by atoms with van der Waals surface area (Å²) < 4.78 is 10.6. The van der Waals surface area contributed by atoms with Crippen LogP contribution in [-0.2, 0) is 4.74 Å². The van der Waals surface area contributed by atoms with E-state index in [1.54, 1.807) is 31.2 Å². The lowest BCUT2D eigenvalue weighted by Gasteiger charge is -1.98. The fraction of sp³-hybridized carbons (Fsp3) is 0.133. The minimum absolute atomic E-state index is 0.0777. The van der Waals surface area contributed by atoms with E-state index in [1.165, 1.54) is 11.3 Å². The highest BCUT2D eigenvalue weighted by atomic mass is 32.1. The van der Waals surface area contributed by atoms with Gasteiger partial charge in [0.2, 0.25) is 0 Å². The molecule has 0 saturated carbocycles. The number of carbonyl (C=O) groups excluding carboxylic acids is 1. The number of rotatable bonds is 3. The van der Waals surface area contributed by atoms with Crippen molar-refractivity contribution in [3.05, 3.63) is 35.2 Å². The molecule has 0 unspecified atom stereocenters. The molecule has 2 heterocycles. The first kappa shape index (κ1) is 13.5. The van der Waals surface area contributed by atoms with E-state index in [0.29, 0.717) is 33.4 Å². The third-order valence-corrected chi connectivity index (χ3v) is 4.13.